The molecule has 3 atom stereocenters. The first-order valence-electron chi connectivity index (χ1n) is 7.81. The lowest BCUT2D eigenvalue weighted by Crippen LogP contribution is -2.34. The molecule has 0 amide bonds. The van der Waals surface area contributed by atoms with Crippen LogP contribution in [0.4, 0.5) is 0 Å². The van der Waals surface area contributed by atoms with Gasteiger partial charge in [-0.15, -0.1) is 0 Å². The molecule has 3 rings (SSSR count). The second kappa shape index (κ2) is 7.25. The Labute approximate surface area is 162 Å². The number of halogens is 1. The zero-order chi connectivity index (χ0) is 19.1. The minimum Gasteiger partial charge on any atom is -0.390 e. The average Bonchev–Trinajstić information content (AvgIpc) is 2.91. The number of nitrogens with one attached hydrogen (secondary N) is 1. The molecule has 2 aromatic rings. The highest BCUT2D eigenvalue weighted by molar-refractivity contribution is 14.1. The van der Waals surface area contributed by atoms with Gasteiger partial charge in [0.2, 0.25) is 0 Å². The molecule has 0 saturated carbocycles. The van der Waals surface area contributed by atoms with Crippen LogP contribution in [0.25, 0.3) is 0 Å². The molecule has 1 aromatic carbocycles. The Morgan fingerprint density at radius 1 is 1.31 bits per heavy atom. The zero-order valence-electron chi connectivity index (χ0n) is 13.8. The molecular weight excluding hydrogens is 475 g/mol. The van der Waals surface area contributed by atoms with E-state index in [-0.39, 0.29) is 14.9 Å². The summed E-state index contributed by atoms with van der Waals surface area (Å²) >= 11 is 1.78. The van der Waals surface area contributed by atoms with Crippen LogP contribution in [-0.2, 0) is 14.6 Å². The number of aryl methyl sites for hydroxylation is 1. The highest BCUT2D eigenvalue weighted by atomic mass is 127. The van der Waals surface area contributed by atoms with Crippen molar-refractivity contribution in [1.82, 2.24) is 9.55 Å². The van der Waals surface area contributed by atoms with Gasteiger partial charge in [-0.05, 0) is 41.6 Å². The van der Waals surface area contributed by atoms with E-state index in [1.165, 1.54) is 18.3 Å². The largest absolute Gasteiger partial charge is 0.390 e. The fourth-order valence-corrected chi connectivity index (χ4v) is 4.68. The van der Waals surface area contributed by atoms with Gasteiger partial charge in [-0.2, -0.15) is 0 Å². The first-order chi connectivity index (χ1) is 12.2. The number of aromatic amines is 1. The Bertz CT molecular complexity index is 1030. The number of nitrogens with zero attached hydrogens (tertiary/aromatic N) is 1. The van der Waals surface area contributed by atoms with Crippen molar-refractivity contribution in [3.05, 3.63) is 60.4 Å². The first kappa shape index (κ1) is 19.3. The molecule has 140 valence electrons. The van der Waals surface area contributed by atoms with Crippen LogP contribution in [0.1, 0.15) is 18.2 Å². The Hall–Kier alpha value is -1.50. The quantitative estimate of drug-likeness (QED) is 0.603. The molecule has 0 bridgehead atoms. The molecule has 0 spiro atoms. The highest BCUT2D eigenvalue weighted by Crippen LogP contribution is 2.29. The van der Waals surface area contributed by atoms with Crippen LogP contribution in [0.3, 0.4) is 0 Å². The van der Waals surface area contributed by atoms with Gasteiger partial charge in [-0.3, -0.25) is 14.3 Å². The summed E-state index contributed by atoms with van der Waals surface area (Å²) < 4.78 is 32.2. The molecule has 1 aromatic heterocycles. The van der Waals surface area contributed by atoms with Crippen molar-refractivity contribution >= 4 is 32.4 Å². The summed E-state index contributed by atoms with van der Waals surface area (Å²) in [6.07, 6.45) is -1.48. The van der Waals surface area contributed by atoms with Gasteiger partial charge in [-0.1, -0.05) is 17.7 Å². The van der Waals surface area contributed by atoms with E-state index < -0.39 is 45.3 Å². The number of aliphatic hydroxyl groups excluding tert-OH is 1. The molecule has 8 nitrogen and oxygen atoms in total. The zero-order valence-corrected chi connectivity index (χ0v) is 16.7. The van der Waals surface area contributed by atoms with Gasteiger partial charge in [0.1, 0.15) is 12.3 Å². The maximum absolute atomic E-state index is 12.5. The van der Waals surface area contributed by atoms with Crippen LogP contribution in [-0.4, -0.2) is 41.0 Å². The summed E-state index contributed by atoms with van der Waals surface area (Å²) in [5.41, 5.74) is -0.244. The second-order valence-electron chi connectivity index (χ2n) is 6.17. The predicted octanol–water partition coefficient (Wildman–Crippen LogP) is 0.572. The Morgan fingerprint density at radius 2 is 1.96 bits per heavy atom. The van der Waals surface area contributed by atoms with Crippen LogP contribution < -0.4 is 11.2 Å². The van der Waals surface area contributed by atoms with Crippen molar-refractivity contribution in [1.29, 1.82) is 0 Å². The van der Waals surface area contributed by atoms with E-state index in [9.17, 15) is 23.1 Å². The van der Waals surface area contributed by atoms with E-state index in [2.05, 4.69) is 4.98 Å². The number of sulfone groups is 1. The molecule has 2 N–H and O–H groups in total. The standard InChI is InChI=1S/C16H17IN2O6S/c1-9-2-4-10(5-3-9)26(23,24)8-13-12(20)6-14(25-13)19-7-11(17)15(21)18-16(19)22/h2-5,7,12-14,20H,6,8H2,1H3,(H,18,21,22)/t12-,13+,14+/m0/s1. The lowest BCUT2D eigenvalue weighted by atomic mass is 10.2. The number of ether oxygens (including phenoxy) is 1. The number of rotatable bonds is 4. The van der Waals surface area contributed by atoms with Crippen molar-refractivity contribution < 1.29 is 18.3 Å². The molecular formula is C16H17IN2O6S. The number of aliphatic hydroxyl groups is 1. The summed E-state index contributed by atoms with van der Waals surface area (Å²) in [6.45, 7) is 1.86. The normalized spacial score (nSPS) is 23.3. The van der Waals surface area contributed by atoms with E-state index in [0.717, 1.165) is 10.1 Å². The molecule has 26 heavy (non-hydrogen) atoms. The second-order valence-corrected chi connectivity index (χ2v) is 9.37. The predicted molar refractivity (Wildman–Crippen MR) is 102 cm³/mol. The van der Waals surface area contributed by atoms with Crippen LogP contribution >= 0.6 is 22.6 Å². The van der Waals surface area contributed by atoms with Crippen molar-refractivity contribution in [3.63, 3.8) is 0 Å². The number of aromatic nitrogens is 2. The Kier molecular flexibility index (Phi) is 5.37. The van der Waals surface area contributed by atoms with Crippen LogP contribution in [0.5, 0.6) is 0 Å². The third kappa shape index (κ3) is 3.92. The van der Waals surface area contributed by atoms with Crippen LogP contribution in [0.2, 0.25) is 0 Å². The minimum atomic E-state index is -3.66. The van der Waals surface area contributed by atoms with E-state index in [1.54, 1.807) is 34.7 Å². The van der Waals surface area contributed by atoms with Crippen LogP contribution in [0.15, 0.2) is 44.9 Å². The van der Waals surface area contributed by atoms with Gasteiger partial charge in [0.25, 0.3) is 5.56 Å². The SMILES string of the molecule is Cc1ccc(S(=O)(=O)C[C@H]2O[C@@H](n3cc(I)c(=O)[nH]c3=O)C[C@@H]2O)cc1. The summed E-state index contributed by atoms with van der Waals surface area (Å²) in [5.74, 6) is -0.400. The summed E-state index contributed by atoms with van der Waals surface area (Å²) in [4.78, 5) is 25.7. The summed E-state index contributed by atoms with van der Waals surface area (Å²) in [5, 5.41) is 10.2. The summed E-state index contributed by atoms with van der Waals surface area (Å²) in [7, 11) is -3.66. The van der Waals surface area contributed by atoms with E-state index in [1.807, 2.05) is 6.92 Å². The average molecular weight is 492 g/mol. The van der Waals surface area contributed by atoms with Crippen molar-refractivity contribution in [2.45, 2.75) is 36.7 Å². The third-order valence-electron chi connectivity index (χ3n) is 4.20. The molecule has 1 aliphatic heterocycles. The van der Waals surface area contributed by atoms with Gasteiger partial charge in [0, 0.05) is 12.6 Å². The topological polar surface area (TPSA) is 118 Å². The minimum absolute atomic E-state index is 0.0517. The van der Waals surface area contributed by atoms with Gasteiger partial charge in [0.15, 0.2) is 9.84 Å². The maximum Gasteiger partial charge on any atom is 0.330 e. The molecule has 0 unspecified atom stereocenters. The Morgan fingerprint density at radius 3 is 2.62 bits per heavy atom. The molecule has 0 radical (unpaired) electrons. The number of benzene rings is 1. The van der Waals surface area contributed by atoms with Crippen LogP contribution in [0, 0.1) is 10.5 Å². The highest BCUT2D eigenvalue weighted by Gasteiger charge is 2.38. The monoisotopic (exact) mass is 492 g/mol. The molecule has 0 aliphatic carbocycles. The number of hydrogen-bond acceptors (Lipinski definition) is 6. The lowest BCUT2D eigenvalue weighted by Gasteiger charge is -2.16. The third-order valence-corrected chi connectivity index (χ3v) is 6.73. The number of hydrogen-bond donors (Lipinski definition) is 2. The van der Waals surface area contributed by atoms with Crippen molar-refractivity contribution in [2.24, 2.45) is 0 Å². The number of H-pyrrole nitrogens is 1. The molecule has 10 heteroatoms. The Balaban J connectivity index is 1.81. The van der Waals surface area contributed by atoms with Gasteiger partial charge in [-0.25, -0.2) is 13.2 Å². The lowest BCUT2D eigenvalue weighted by molar-refractivity contribution is -0.00846. The molecule has 1 aliphatic rings. The fourth-order valence-electron chi connectivity index (χ4n) is 2.77. The van der Waals surface area contributed by atoms with Gasteiger partial charge in [0.05, 0.1) is 20.3 Å². The van der Waals surface area contributed by atoms with E-state index >= 15 is 0 Å². The first-order valence-corrected chi connectivity index (χ1v) is 10.5. The smallest absolute Gasteiger partial charge is 0.330 e. The molecule has 1 saturated heterocycles. The summed E-state index contributed by atoms with van der Waals surface area (Å²) in [6, 6.07) is 6.42. The molecule has 2 heterocycles. The van der Waals surface area contributed by atoms with Gasteiger partial charge >= 0.3 is 5.69 Å². The van der Waals surface area contributed by atoms with E-state index in [0.29, 0.717) is 0 Å². The van der Waals surface area contributed by atoms with E-state index in [4.69, 9.17) is 4.74 Å². The maximum atomic E-state index is 12.5. The van der Waals surface area contributed by atoms with Gasteiger partial charge < -0.3 is 9.84 Å². The molecule has 1 fully saturated rings. The van der Waals surface area contributed by atoms with Crippen molar-refractivity contribution in [2.75, 3.05) is 5.75 Å². The van der Waals surface area contributed by atoms with Crippen molar-refractivity contribution in [3.8, 4) is 0 Å². The fraction of sp³-hybridized carbons (Fsp3) is 0.375.